The molecule has 2 amide bonds. The lowest BCUT2D eigenvalue weighted by molar-refractivity contribution is -0.136. The SMILES string of the molecule is O=C1CCC(CC2=CC(=O)c3c(OCc4nc(C/C=C5/CCCOCC5)cs4)cccc3C2=O)C(=O)N1. The fourth-order valence-electron chi connectivity index (χ4n) is 4.85. The van der Waals surface area contributed by atoms with Crippen molar-refractivity contribution in [3.63, 3.8) is 0 Å². The molecule has 3 heterocycles. The molecule has 1 unspecified atom stereocenters. The highest BCUT2D eigenvalue weighted by atomic mass is 32.1. The number of rotatable bonds is 7. The van der Waals surface area contributed by atoms with Gasteiger partial charge in [-0.05, 0) is 44.2 Å². The van der Waals surface area contributed by atoms with Crippen LogP contribution in [-0.2, 0) is 27.4 Å². The van der Waals surface area contributed by atoms with Gasteiger partial charge in [0.05, 0.1) is 17.9 Å². The average Bonchev–Trinajstić information content (AvgIpc) is 3.18. The van der Waals surface area contributed by atoms with Crippen molar-refractivity contribution in [3.05, 3.63) is 68.7 Å². The van der Waals surface area contributed by atoms with E-state index in [0.717, 1.165) is 49.6 Å². The summed E-state index contributed by atoms with van der Waals surface area (Å²) in [5, 5.41) is 5.11. The van der Waals surface area contributed by atoms with Gasteiger partial charge in [0.1, 0.15) is 17.4 Å². The van der Waals surface area contributed by atoms with E-state index in [4.69, 9.17) is 9.47 Å². The number of carbonyl (C=O) groups is 4. The van der Waals surface area contributed by atoms with Crippen LogP contribution in [0, 0.1) is 5.92 Å². The quantitative estimate of drug-likeness (QED) is 0.431. The molecular weight excluding hydrogens is 492 g/mol. The minimum atomic E-state index is -0.507. The number of carbonyl (C=O) groups excluding carboxylic acids is 4. The maximum atomic E-state index is 13.2. The number of Topliss-reactive ketones (excluding diaryl/α,β-unsaturated/α-hetero) is 1. The zero-order valence-corrected chi connectivity index (χ0v) is 21.2. The van der Waals surface area contributed by atoms with Crippen LogP contribution in [0.1, 0.15) is 69.9 Å². The van der Waals surface area contributed by atoms with E-state index in [0.29, 0.717) is 12.2 Å². The number of piperidine rings is 1. The molecule has 9 heteroatoms. The summed E-state index contributed by atoms with van der Waals surface area (Å²) in [7, 11) is 0. The van der Waals surface area contributed by atoms with E-state index in [1.807, 2.05) is 5.38 Å². The number of nitrogens with one attached hydrogen (secondary N) is 1. The monoisotopic (exact) mass is 520 g/mol. The highest BCUT2D eigenvalue weighted by Crippen LogP contribution is 2.33. The van der Waals surface area contributed by atoms with Gasteiger partial charge in [-0.15, -0.1) is 11.3 Å². The molecular formula is C28H28N2O6S. The number of fused-ring (bicyclic) bond motifs is 1. The van der Waals surface area contributed by atoms with E-state index >= 15 is 0 Å². The molecule has 1 aliphatic carbocycles. The number of ketones is 2. The van der Waals surface area contributed by atoms with Gasteiger partial charge >= 0.3 is 0 Å². The minimum Gasteiger partial charge on any atom is -0.486 e. The topological polar surface area (TPSA) is 112 Å². The smallest absolute Gasteiger partial charge is 0.230 e. The van der Waals surface area contributed by atoms with Gasteiger partial charge in [0.15, 0.2) is 11.6 Å². The fraction of sp³-hybridized carbons (Fsp3) is 0.393. The Bertz CT molecular complexity index is 1300. The molecule has 2 aromatic rings. The van der Waals surface area contributed by atoms with Crippen molar-refractivity contribution in [3.8, 4) is 5.75 Å². The summed E-state index contributed by atoms with van der Waals surface area (Å²) in [6.07, 6.45) is 8.11. The molecule has 2 saturated heterocycles. The van der Waals surface area contributed by atoms with E-state index in [-0.39, 0.29) is 53.6 Å². The maximum Gasteiger partial charge on any atom is 0.230 e. The number of nitrogens with zero attached hydrogens (tertiary/aromatic N) is 1. The largest absolute Gasteiger partial charge is 0.486 e. The van der Waals surface area contributed by atoms with Crippen molar-refractivity contribution in [1.82, 2.24) is 10.3 Å². The van der Waals surface area contributed by atoms with Crippen LogP contribution in [0.5, 0.6) is 5.75 Å². The summed E-state index contributed by atoms with van der Waals surface area (Å²) in [4.78, 5) is 54.4. The normalized spacial score (nSPS) is 21.4. The number of benzene rings is 1. The first-order valence-corrected chi connectivity index (χ1v) is 13.4. The molecule has 3 aliphatic rings. The third-order valence-corrected chi connectivity index (χ3v) is 7.71. The summed E-state index contributed by atoms with van der Waals surface area (Å²) in [6.45, 7) is 1.79. The number of ether oxygens (including phenoxy) is 2. The highest BCUT2D eigenvalue weighted by molar-refractivity contribution is 7.09. The van der Waals surface area contributed by atoms with Crippen molar-refractivity contribution in [2.24, 2.45) is 5.92 Å². The molecule has 0 spiro atoms. The predicted molar refractivity (Wildman–Crippen MR) is 137 cm³/mol. The zero-order chi connectivity index (χ0) is 25.8. The number of hydrogen-bond donors (Lipinski definition) is 1. The number of aromatic nitrogens is 1. The molecule has 2 fully saturated rings. The Hall–Kier alpha value is -3.43. The molecule has 0 saturated carbocycles. The number of allylic oxidation sites excluding steroid dienone is 3. The van der Waals surface area contributed by atoms with Gasteiger partial charge in [-0.2, -0.15) is 0 Å². The maximum absolute atomic E-state index is 13.2. The standard InChI is InChI=1S/C28H28N2O6S/c31-22-14-19(13-18-7-9-24(32)30-28(18)34)27(33)21-4-1-5-23(26(21)22)36-15-25-29-20(16-37-25)8-6-17-3-2-11-35-12-10-17/h1,4-6,14,16,18H,2-3,7-13,15H2,(H,30,32,34)/b17-6-. The Morgan fingerprint density at radius 1 is 1.14 bits per heavy atom. The van der Waals surface area contributed by atoms with Crippen LogP contribution in [0.15, 0.2) is 46.9 Å². The molecule has 37 heavy (non-hydrogen) atoms. The van der Waals surface area contributed by atoms with E-state index in [9.17, 15) is 19.2 Å². The second kappa shape index (κ2) is 11.3. The second-order valence-corrected chi connectivity index (χ2v) is 10.4. The fourth-order valence-corrected chi connectivity index (χ4v) is 5.56. The lowest BCUT2D eigenvalue weighted by Crippen LogP contribution is -2.41. The summed E-state index contributed by atoms with van der Waals surface area (Å²) < 4.78 is 11.5. The lowest BCUT2D eigenvalue weighted by Gasteiger charge is -2.23. The van der Waals surface area contributed by atoms with Crippen molar-refractivity contribution in [2.45, 2.75) is 51.6 Å². The summed E-state index contributed by atoms with van der Waals surface area (Å²) in [5.74, 6) is -1.50. The number of thiazole rings is 1. The first kappa shape index (κ1) is 25.2. The van der Waals surface area contributed by atoms with Crippen LogP contribution in [0.3, 0.4) is 0 Å². The van der Waals surface area contributed by atoms with Crippen LogP contribution < -0.4 is 10.1 Å². The third kappa shape index (κ3) is 5.94. The lowest BCUT2D eigenvalue weighted by atomic mass is 9.82. The van der Waals surface area contributed by atoms with Crippen LogP contribution in [-0.4, -0.2) is 41.6 Å². The van der Waals surface area contributed by atoms with Gasteiger partial charge in [0.25, 0.3) is 0 Å². The average molecular weight is 521 g/mol. The Morgan fingerprint density at radius 2 is 2.03 bits per heavy atom. The van der Waals surface area contributed by atoms with Gasteiger partial charge in [0.2, 0.25) is 11.8 Å². The zero-order valence-electron chi connectivity index (χ0n) is 20.4. The van der Waals surface area contributed by atoms with Crippen LogP contribution in [0.2, 0.25) is 0 Å². The van der Waals surface area contributed by atoms with Crippen LogP contribution >= 0.6 is 11.3 Å². The third-order valence-electron chi connectivity index (χ3n) is 6.84. The predicted octanol–water partition coefficient (Wildman–Crippen LogP) is 4.14. The van der Waals surface area contributed by atoms with E-state index in [1.54, 1.807) is 18.2 Å². The van der Waals surface area contributed by atoms with Crippen molar-refractivity contribution >= 4 is 34.7 Å². The molecule has 1 aromatic carbocycles. The molecule has 0 bridgehead atoms. The second-order valence-electron chi connectivity index (χ2n) is 9.45. The first-order valence-electron chi connectivity index (χ1n) is 12.6. The van der Waals surface area contributed by atoms with Crippen LogP contribution in [0.25, 0.3) is 0 Å². The molecule has 5 rings (SSSR count). The molecule has 1 atom stereocenters. The van der Waals surface area contributed by atoms with Gasteiger partial charge in [-0.1, -0.05) is 23.8 Å². The molecule has 2 aliphatic heterocycles. The van der Waals surface area contributed by atoms with Crippen molar-refractivity contribution in [2.75, 3.05) is 13.2 Å². The summed E-state index contributed by atoms with van der Waals surface area (Å²) in [5.41, 5.74) is 3.17. The Kier molecular flexibility index (Phi) is 7.71. The summed E-state index contributed by atoms with van der Waals surface area (Å²) in [6, 6.07) is 4.97. The Labute approximate surface area is 218 Å². The molecule has 1 aromatic heterocycles. The minimum absolute atomic E-state index is 0.124. The van der Waals surface area contributed by atoms with E-state index in [2.05, 4.69) is 16.4 Å². The Balaban J connectivity index is 1.24. The van der Waals surface area contributed by atoms with Gasteiger partial charge in [-0.25, -0.2) is 4.98 Å². The van der Waals surface area contributed by atoms with Crippen molar-refractivity contribution < 1.29 is 28.7 Å². The first-order chi connectivity index (χ1) is 18.0. The van der Waals surface area contributed by atoms with E-state index < -0.39 is 11.8 Å². The van der Waals surface area contributed by atoms with Gasteiger partial charge in [0, 0.05) is 41.9 Å². The number of amides is 2. The number of hydrogen-bond acceptors (Lipinski definition) is 8. The summed E-state index contributed by atoms with van der Waals surface area (Å²) >= 11 is 1.50. The van der Waals surface area contributed by atoms with E-state index in [1.165, 1.54) is 23.0 Å². The highest BCUT2D eigenvalue weighted by Gasteiger charge is 2.33. The van der Waals surface area contributed by atoms with Gasteiger partial charge in [-0.3, -0.25) is 24.5 Å². The molecule has 1 N–H and O–H groups in total. The molecule has 192 valence electrons. The molecule has 0 radical (unpaired) electrons. The Morgan fingerprint density at radius 3 is 2.89 bits per heavy atom. The molecule has 8 nitrogen and oxygen atoms in total. The van der Waals surface area contributed by atoms with Gasteiger partial charge < -0.3 is 9.47 Å². The van der Waals surface area contributed by atoms with Crippen LogP contribution in [0.4, 0.5) is 0 Å². The van der Waals surface area contributed by atoms with Crippen molar-refractivity contribution in [1.29, 1.82) is 0 Å². The number of imide groups is 1.